The van der Waals surface area contributed by atoms with Crippen molar-refractivity contribution >= 4 is 5.91 Å². The fourth-order valence-corrected chi connectivity index (χ4v) is 3.30. The van der Waals surface area contributed by atoms with Crippen LogP contribution >= 0.6 is 0 Å². The second-order valence-electron chi connectivity index (χ2n) is 5.70. The largest absolute Gasteiger partial charge is 0.459 e. The van der Waals surface area contributed by atoms with E-state index in [1.165, 1.54) is 25.7 Å². The Labute approximate surface area is 114 Å². The zero-order valence-electron chi connectivity index (χ0n) is 11.6. The molecule has 1 amide bonds. The van der Waals surface area contributed by atoms with Crippen molar-refractivity contribution in [2.24, 2.45) is 0 Å². The lowest BCUT2D eigenvalue weighted by molar-refractivity contribution is 0.0544. The molecule has 2 heterocycles. The third-order valence-corrected chi connectivity index (χ3v) is 4.50. The van der Waals surface area contributed by atoms with Crippen LogP contribution in [-0.4, -0.2) is 47.9 Å². The number of nitrogens with zero attached hydrogens (tertiary/aromatic N) is 2. The standard InChI is InChI=1S/C15H22N2O2/c1-12-6-11-19-14(12)15(18)17-9-7-16(8-10-17)13-4-2-3-5-13/h6,11,13H,2-5,7-10H2,1H3. The maximum absolute atomic E-state index is 12.3. The van der Waals surface area contributed by atoms with Crippen LogP contribution in [0.3, 0.4) is 0 Å². The van der Waals surface area contributed by atoms with E-state index in [1.807, 2.05) is 17.9 Å². The zero-order valence-corrected chi connectivity index (χ0v) is 11.6. The highest BCUT2D eigenvalue weighted by molar-refractivity contribution is 5.92. The molecule has 4 nitrogen and oxygen atoms in total. The number of furan rings is 1. The van der Waals surface area contributed by atoms with Crippen LogP contribution in [-0.2, 0) is 0 Å². The molecule has 0 N–H and O–H groups in total. The minimum atomic E-state index is 0.0496. The van der Waals surface area contributed by atoms with Gasteiger partial charge in [0.2, 0.25) is 0 Å². The van der Waals surface area contributed by atoms with Gasteiger partial charge >= 0.3 is 0 Å². The monoisotopic (exact) mass is 262 g/mol. The van der Waals surface area contributed by atoms with Crippen LogP contribution < -0.4 is 0 Å². The van der Waals surface area contributed by atoms with E-state index >= 15 is 0 Å². The molecule has 1 aromatic rings. The number of carbonyl (C=O) groups excluding carboxylic acids is 1. The molecule has 0 radical (unpaired) electrons. The van der Waals surface area contributed by atoms with Crippen molar-refractivity contribution in [1.82, 2.24) is 9.80 Å². The number of amides is 1. The normalized spacial score (nSPS) is 22.1. The molecule has 1 saturated heterocycles. The van der Waals surface area contributed by atoms with Gasteiger partial charge in [0.25, 0.3) is 5.91 Å². The summed E-state index contributed by atoms with van der Waals surface area (Å²) in [5, 5.41) is 0. The quantitative estimate of drug-likeness (QED) is 0.820. The van der Waals surface area contributed by atoms with E-state index in [2.05, 4.69) is 4.90 Å². The molecular weight excluding hydrogens is 240 g/mol. The number of hydrogen-bond acceptors (Lipinski definition) is 3. The fourth-order valence-electron chi connectivity index (χ4n) is 3.30. The zero-order chi connectivity index (χ0) is 13.2. The van der Waals surface area contributed by atoms with Crippen molar-refractivity contribution in [2.75, 3.05) is 26.2 Å². The Morgan fingerprint density at radius 1 is 1.21 bits per heavy atom. The van der Waals surface area contributed by atoms with Gasteiger partial charge in [0.1, 0.15) is 0 Å². The smallest absolute Gasteiger partial charge is 0.289 e. The lowest BCUT2D eigenvalue weighted by Gasteiger charge is -2.37. The molecule has 19 heavy (non-hydrogen) atoms. The topological polar surface area (TPSA) is 36.7 Å². The van der Waals surface area contributed by atoms with Gasteiger partial charge in [0.05, 0.1) is 6.26 Å². The summed E-state index contributed by atoms with van der Waals surface area (Å²) in [7, 11) is 0. The number of aryl methyl sites for hydroxylation is 1. The predicted molar refractivity (Wildman–Crippen MR) is 73.2 cm³/mol. The van der Waals surface area contributed by atoms with Gasteiger partial charge in [-0.15, -0.1) is 0 Å². The molecule has 1 aromatic heterocycles. The molecule has 104 valence electrons. The molecule has 4 heteroatoms. The molecule has 1 aliphatic heterocycles. The van der Waals surface area contributed by atoms with E-state index in [0.717, 1.165) is 37.8 Å². The first-order valence-electron chi connectivity index (χ1n) is 7.33. The maximum Gasteiger partial charge on any atom is 0.289 e. The Balaban J connectivity index is 1.58. The van der Waals surface area contributed by atoms with Crippen LogP contribution in [0.1, 0.15) is 41.8 Å². The van der Waals surface area contributed by atoms with Crippen molar-refractivity contribution in [3.05, 3.63) is 23.7 Å². The van der Waals surface area contributed by atoms with Gasteiger partial charge < -0.3 is 9.32 Å². The van der Waals surface area contributed by atoms with Gasteiger partial charge in [0.15, 0.2) is 5.76 Å². The molecule has 2 aliphatic rings. The molecule has 1 aliphatic carbocycles. The molecule has 3 rings (SSSR count). The van der Waals surface area contributed by atoms with Crippen LogP contribution in [0.5, 0.6) is 0 Å². The molecular formula is C15H22N2O2. The van der Waals surface area contributed by atoms with Gasteiger partial charge in [-0.3, -0.25) is 9.69 Å². The molecule has 0 aromatic carbocycles. The summed E-state index contributed by atoms with van der Waals surface area (Å²) in [6, 6.07) is 2.62. The summed E-state index contributed by atoms with van der Waals surface area (Å²) in [4.78, 5) is 16.8. The molecule has 1 saturated carbocycles. The highest BCUT2D eigenvalue weighted by atomic mass is 16.3. The van der Waals surface area contributed by atoms with Crippen molar-refractivity contribution in [3.63, 3.8) is 0 Å². The Morgan fingerprint density at radius 2 is 1.89 bits per heavy atom. The Bertz CT molecular complexity index is 441. The number of hydrogen-bond donors (Lipinski definition) is 0. The second kappa shape index (κ2) is 5.37. The van der Waals surface area contributed by atoms with Crippen LogP contribution in [0, 0.1) is 6.92 Å². The first kappa shape index (κ1) is 12.7. The SMILES string of the molecule is Cc1ccoc1C(=O)N1CCN(C2CCCC2)CC1. The Kier molecular flexibility index (Phi) is 3.60. The first-order valence-corrected chi connectivity index (χ1v) is 7.33. The van der Waals surface area contributed by atoms with Gasteiger partial charge in [0, 0.05) is 37.8 Å². The van der Waals surface area contributed by atoms with Crippen molar-refractivity contribution in [2.45, 2.75) is 38.6 Å². The fraction of sp³-hybridized carbons (Fsp3) is 0.667. The van der Waals surface area contributed by atoms with Crippen molar-refractivity contribution in [3.8, 4) is 0 Å². The van der Waals surface area contributed by atoms with E-state index in [-0.39, 0.29) is 5.91 Å². The average Bonchev–Trinajstić information content (AvgIpc) is 3.09. The van der Waals surface area contributed by atoms with Crippen LogP contribution in [0.15, 0.2) is 16.7 Å². The van der Waals surface area contributed by atoms with E-state index in [1.54, 1.807) is 6.26 Å². The van der Waals surface area contributed by atoms with Gasteiger partial charge in [-0.05, 0) is 25.8 Å². The number of piperazine rings is 1. The first-order chi connectivity index (χ1) is 9.25. The van der Waals surface area contributed by atoms with Crippen LogP contribution in [0.4, 0.5) is 0 Å². The van der Waals surface area contributed by atoms with Crippen LogP contribution in [0.25, 0.3) is 0 Å². The van der Waals surface area contributed by atoms with Crippen molar-refractivity contribution in [1.29, 1.82) is 0 Å². The summed E-state index contributed by atoms with van der Waals surface area (Å²) in [5.41, 5.74) is 0.934. The van der Waals surface area contributed by atoms with E-state index in [0.29, 0.717) is 5.76 Å². The number of carbonyl (C=O) groups is 1. The molecule has 0 unspecified atom stereocenters. The van der Waals surface area contributed by atoms with Gasteiger partial charge in [-0.1, -0.05) is 12.8 Å². The summed E-state index contributed by atoms with van der Waals surface area (Å²) >= 11 is 0. The third-order valence-electron chi connectivity index (χ3n) is 4.50. The summed E-state index contributed by atoms with van der Waals surface area (Å²) in [5.74, 6) is 0.558. The maximum atomic E-state index is 12.3. The van der Waals surface area contributed by atoms with Gasteiger partial charge in [-0.25, -0.2) is 0 Å². The van der Waals surface area contributed by atoms with E-state index in [9.17, 15) is 4.79 Å². The second-order valence-corrected chi connectivity index (χ2v) is 5.70. The average molecular weight is 262 g/mol. The minimum Gasteiger partial charge on any atom is -0.459 e. The Hall–Kier alpha value is -1.29. The van der Waals surface area contributed by atoms with Gasteiger partial charge in [-0.2, -0.15) is 0 Å². The Morgan fingerprint density at radius 3 is 2.47 bits per heavy atom. The van der Waals surface area contributed by atoms with E-state index in [4.69, 9.17) is 4.42 Å². The molecule has 0 atom stereocenters. The highest BCUT2D eigenvalue weighted by Gasteiger charge is 2.29. The molecule has 0 bridgehead atoms. The summed E-state index contributed by atoms with van der Waals surface area (Å²) < 4.78 is 5.30. The highest BCUT2D eigenvalue weighted by Crippen LogP contribution is 2.24. The summed E-state index contributed by atoms with van der Waals surface area (Å²) in [6.07, 6.45) is 7.01. The lowest BCUT2D eigenvalue weighted by atomic mass is 10.1. The van der Waals surface area contributed by atoms with E-state index < -0.39 is 0 Å². The lowest BCUT2D eigenvalue weighted by Crippen LogP contribution is -2.51. The minimum absolute atomic E-state index is 0.0496. The molecule has 0 spiro atoms. The summed E-state index contributed by atoms with van der Waals surface area (Å²) in [6.45, 7) is 5.60. The third kappa shape index (κ3) is 2.54. The van der Waals surface area contributed by atoms with Crippen molar-refractivity contribution < 1.29 is 9.21 Å². The molecule has 2 fully saturated rings. The number of rotatable bonds is 2. The van der Waals surface area contributed by atoms with Crippen LogP contribution in [0.2, 0.25) is 0 Å². The predicted octanol–water partition coefficient (Wildman–Crippen LogP) is 2.29.